The third-order valence-corrected chi connectivity index (χ3v) is 9.93. The van der Waals surface area contributed by atoms with Crippen molar-refractivity contribution in [1.82, 2.24) is 0 Å². The standard InChI is InChI=1S/C33H46O4/c1-5-6-7-10-30(36)33(18-19-33)31(37)16-11-22(2)27-14-15-28-24(9-8-17-32(27,28)4)12-13-25-20-26(34)21-29(35)23(25)3/h5-7,10-13,16,22,26-29,31,34-35,37H,3,8-9,14-15,17-21H2,1-2,4H3/t22-,26-,27-,28+,29+,31-,32-/m1/s1. The summed E-state index contributed by atoms with van der Waals surface area (Å²) in [5.74, 6) is 1.42. The molecule has 0 aromatic heterocycles. The molecule has 4 fully saturated rings. The van der Waals surface area contributed by atoms with Crippen LogP contribution in [0.5, 0.6) is 0 Å². The van der Waals surface area contributed by atoms with Crippen LogP contribution < -0.4 is 0 Å². The maximum absolute atomic E-state index is 12.7. The molecule has 4 rings (SSSR count). The highest BCUT2D eigenvalue weighted by molar-refractivity contribution is 5.97. The summed E-state index contributed by atoms with van der Waals surface area (Å²) in [5.41, 5.74) is 2.77. The van der Waals surface area contributed by atoms with Crippen molar-refractivity contribution in [1.29, 1.82) is 0 Å². The van der Waals surface area contributed by atoms with Crippen molar-refractivity contribution in [3.05, 3.63) is 71.9 Å². The van der Waals surface area contributed by atoms with Crippen molar-refractivity contribution in [2.24, 2.45) is 28.6 Å². The van der Waals surface area contributed by atoms with Gasteiger partial charge in [0, 0.05) is 6.42 Å². The third-order valence-electron chi connectivity index (χ3n) is 9.93. The van der Waals surface area contributed by atoms with Gasteiger partial charge < -0.3 is 15.3 Å². The van der Waals surface area contributed by atoms with Gasteiger partial charge in [-0.05, 0) is 98.7 Å². The molecule has 37 heavy (non-hydrogen) atoms. The average molecular weight is 507 g/mol. The second kappa shape index (κ2) is 11.4. The molecule has 0 aromatic carbocycles. The summed E-state index contributed by atoms with van der Waals surface area (Å²) < 4.78 is 0. The van der Waals surface area contributed by atoms with E-state index in [0.717, 1.165) is 36.8 Å². The van der Waals surface area contributed by atoms with Crippen LogP contribution in [0.3, 0.4) is 0 Å². The van der Waals surface area contributed by atoms with Gasteiger partial charge in [-0.25, -0.2) is 0 Å². The normalized spacial score (nSPS) is 37.6. The van der Waals surface area contributed by atoms with Gasteiger partial charge in [-0.3, -0.25) is 4.79 Å². The van der Waals surface area contributed by atoms with E-state index < -0.39 is 23.7 Å². The maximum atomic E-state index is 12.7. The smallest absolute Gasteiger partial charge is 0.164 e. The molecule has 0 unspecified atom stereocenters. The number of aliphatic hydroxyl groups is 3. The highest BCUT2D eigenvalue weighted by Crippen LogP contribution is 2.59. The van der Waals surface area contributed by atoms with Crippen molar-refractivity contribution in [3.8, 4) is 0 Å². The Balaban J connectivity index is 1.44. The van der Waals surface area contributed by atoms with Crippen molar-refractivity contribution in [2.45, 2.75) is 96.9 Å². The highest BCUT2D eigenvalue weighted by Gasteiger charge is 2.53. The predicted octanol–water partition coefficient (Wildman–Crippen LogP) is 6.16. The van der Waals surface area contributed by atoms with Crippen LogP contribution in [0.1, 0.15) is 78.6 Å². The van der Waals surface area contributed by atoms with Gasteiger partial charge in [-0.15, -0.1) is 0 Å². The zero-order valence-corrected chi connectivity index (χ0v) is 22.9. The molecular formula is C33H46O4. The van der Waals surface area contributed by atoms with E-state index in [9.17, 15) is 20.1 Å². The lowest BCUT2D eigenvalue weighted by Crippen LogP contribution is -2.35. The first-order valence-corrected chi connectivity index (χ1v) is 14.3. The summed E-state index contributed by atoms with van der Waals surface area (Å²) >= 11 is 0. The molecule has 4 nitrogen and oxygen atoms in total. The van der Waals surface area contributed by atoms with Gasteiger partial charge in [0.05, 0.1) is 23.7 Å². The number of hydrogen-bond acceptors (Lipinski definition) is 4. The Morgan fingerprint density at radius 3 is 2.57 bits per heavy atom. The molecule has 0 radical (unpaired) electrons. The van der Waals surface area contributed by atoms with Crippen LogP contribution in [0.4, 0.5) is 0 Å². The zero-order chi connectivity index (χ0) is 26.8. The molecule has 4 heteroatoms. The Kier molecular flexibility index (Phi) is 8.62. The van der Waals surface area contributed by atoms with Crippen molar-refractivity contribution in [2.75, 3.05) is 0 Å². The highest BCUT2D eigenvalue weighted by atomic mass is 16.3. The van der Waals surface area contributed by atoms with Crippen LogP contribution in [0.25, 0.3) is 0 Å². The fraction of sp³-hybridized carbons (Fsp3) is 0.606. The largest absolute Gasteiger partial charge is 0.393 e. The molecule has 3 N–H and O–H groups in total. The van der Waals surface area contributed by atoms with E-state index in [1.165, 1.54) is 24.8 Å². The fourth-order valence-electron chi connectivity index (χ4n) is 7.45. The number of allylic oxidation sites excluding steroid dienone is 8. The molecule has 4 aliphatic rings. The topological polar surface area (TPSA) is 77.8 Å². The molecule has 4 saturated carbocycles. The lowest BCUT2D eigenvalue weighted by molar-refractivity contribution is -0.122. The Hall–Kier alpha value is -2.01. The zero-order valence-electron chi connectivity index (χ0n) is 22.9. The molecule has 0 amide bonds. The Morgan fingerprint density at radius 1 is 1.11 bits per heavy atom. The van der Waals surface area contributed by atoms with E-state index in [1.807, 2.05) is 25.2 Å². The molecular weight excluding hydrogens is 460 g/mol. The van der Waals surface area contributed by atoms with Gasteiger partial charge >= 0.3 is 0 Å². The number of aliphatic hydroxyl groups excluding tert-OH is 3. The van der Waals surface area contributed by atoms with Crippen molar-refractivity contribution in [3.63, 3.8) is 0 Å². The van der Waals surface area contributed by atoms with E-state index >= 15 is 0 Å². The summed E-state index contributed by atoms with van der Waals surface area (Å²) in [5, 5.41) is 31.2. The van der Waals surface area contributed by atoms with E-state index in [-0.39, 0.29) is 11.2 Å². The lowest BCUT2D eigenvalue weighted by Gasteiger charge is -2.44. The van der Waals surface area contributed by atoms with E-state index in [1.54, 1.807) is 12.2 Å². The molecule has 0 spiro atoms. The van der Waals surface area contributed by atoms with Gasteiger partial charge in [0.25, 0.3) is 0 Å². The minimum Gasteiger partial charge on any atom is -0.393 e. The number of hydrogen-bond donors (Lipinski definition) is 3. The summed E-state index contributed by atoms with van der Waals surface area (Å²) in [7, 11) is 0. The second-order valence-corrected chi connectivity index (χ2v) is 12.3. The molecule has 0 bridgehead atoms. The van der Waals surface area contributed by atoms with Crippen LogP contribution in [-0.2, 0) is 4.79 Å². The first kappa shape index (κ1) is 28.0. The SMILES string of the molecule is C=C1C(=CC=C2CCC[C@]3(C)[C@@H]([C@H](C)C=C[C@@H](O)C4(C(=O)C=CC=CC)CC4)CC[C@@H]23)C[C@@H](O)C[C@@H]1O. The average Bonchev–Trinajstić information content (AvgIpc) is 3.60. The Bertz CT molecular complexity index is 1020. The first-order chi connectivity index (χ1) is 17.6. The summed E-state index contributed by atoms with van der Waals surface area (Å²) in [6, 6.07) is 0. The Labute approximate surface area is 223 Å². The van der Waals surface area contributed by atoms with Crippen molar-refractivity contribution < 1.29 is 20.1 Å². The minimum absolute atomic E-state index is 0.0279. The summed E-state index contributed by atoms with van der Waals surface area (Å²) in [6.07, 6.45) is 21.9. The van der Waals surface area contributed by atoms with Crippen LogP contribution in [0, 0.1) is 28.6 Å². The lowest BCUT2D eigenvalue weighted by atomic mass is 9.61. The van der Waals surface area contributed by atoms with Crippen LogP contribution in [-0.4, -0.2) is 39.4 Å². The molecule has 4 aliphatic carbocycles. The van der Waals surface area contributed by atoms with E-state index in [2.05, 4.69) is 38.7 Å². The first-order valence-electron chi connectivity index (χ1n) is 14.3. The number of ketones is 1. The van der Waals surface area contributed by atoms with Crippen LogP contribution in [0.2, 0.25) is 0 Å². The van der Waals surface area contributed by atoms with Crippen LogP contribution >= 0.6 is 0 Å². The number of carbonyl (C=O) groups excluding carboxylic acids is 1. The number of rotatable bonds is 8. The maximum Gasteiger partial charge on any atom is 0.164 e. The number of fused-ring (bicyclic) bond motifs is 1. The van der Waals surface area contributed by atoms with Gasteiger partial charge in [0.15, 0.2) is 5.78 Å². The molecule has 0 saturated heterocycles. The van der Waals surface area contributed by atoms with Gasteiger partial charge in [0.1, 0.15) is 0 Å². The summed E-state index contributed by atoms with van der Waals surface area (Å²) in [4.78, 5) is 12.7. The number of carbonyl (C=O) groups is 1. The van der Waals surface area contributed by atoms with Gasteiger partial charge in [-0.2, -0.15) is 0 Å². The quantitative estimate of drug-likeness (QED) is 0.209. The monoisotopic (exact) mass is 506 g/mol. The molecule has 0 heterocycles. The van der Waals surface area contributed by atoms with Gasteiger partial charge in [0.2, 0.25) is 0 Å². The van der Waals surface area contributed by atoms with E-state index in [0.29, 0.717) is 30.6 Å². The van der Waals surface area contributed by atoms with Crippen LogP contribution in [0.15, 0.2) is 71.9 Å². The second-order valence-electron chi connectivity index (χ2n) is 12.3. The molecule has 202 valence electrons. The van der Waals surface area contributed by atoms with Gasteiger partial charge in [-0.1, -0.05) is 68.5 Å². The molecule has 0 aromatic rings. The minimum atomic E-state index is -0.731. The van der Waals surface area contributed by atoms with E-state index in [4.69, 9.17) is 0 Å². The molecule has 0 aliphatic heterocycles. The summed E-state index contributed by atoms with van der Waals surface area (Å²) in [6.45, 7) is 10.7. The Morgan fingerprint density at radius 2 is 1.86 bits per heavy atom. The molecule has 7 atom stereocenters. The fourth-order valence-corrected chi connectivity index (χ4v) is 7.45. The third kappa shape index (κ3) is 5.72. The van der Waals surface area contributed by atoms with Crippen molar-refractivity contribution >= 4 is 5.78 Å². The predicted molar refractivity (Wildman–Crippen MR) is 150 cm³/mol.